The number of carbonyl (C=O) groups excluding carboxylic acids is 3. The minimum Gasteiger partial charge on any atom is -0.322 e. The van der Waals surface area contributed by atoms with Crippen molar-refractivity contribution in [1.82, 2.24) is 0 Å². The van der Waals surface area contributed by atoms with E-state index in [1.165, 1.54) is 0 Å². The van der Waals surface area contributed by atoms with E-state index in [0.29, 0.717) is 22.4 Å². The number of amides is 3. The number of fused-ring (bicyclic) bond motifs is 1. The van der Waals surface area contributed by atoms with Crippen LogP contribution in [0.5, 0.6) is 0 Å². The van der Waals surface area contributed by atoms with Crippen molar-refractivity contribution in [2.45, 2.75) is 13.8 Å². The predicted octanol–water partition coefficient (Wildman–Crippen LogP) is 5.12. The summed E-state index contributed by atoms with van der Waals surface area (Å²) >= 11 is 3.32. The lowest BCUT2D eigenvalue weighted by molar-refractivity contribution is 0.0925. The van der Waals surface area contributed by atoms with Crippen LogP contribution in [0.15, 0.2) is 65.1 Å². The van der Waals surface area contributed by atoms with E-state index < -0.39 is 0 Å². The van der Waals surface area contributed by atoms with Crippen LogP contribution in [-0.4, -0.2) is 17.7 Å². The van der Waals surface area contributed by atoms with Crippen LogP contribution in [0.2, 0.25) is 0 Å². The van der Waals surface area contributed by atoms with Crippen molar-refractivity contribution in [2.75, 3.05) is 10.2 Å². The second-order valence-corrected chi connectivity index (χ2v) is 7.80. The van der Waals surface area contributed by atoms with Gasteiger partial charge in [0.25, 0.3) is 17.7 Å². The Hall–Kier alpha value is -3.25. The Morgan fingerprint density at radius 3 is 2.31 bits per heavy atom. The molecule has 5 nitrogen and oxygen atoms in total. The minimum atomic E-state index is -0.376. The SMILES string of the molecule is Cc1cccc(NC(=O)c2ccc(N3C(=O)c4ccc(Br)cc4C3=O)cc2)c1C. The van der Waals surface area contributed by atoms with Crippen LogP contribution >= 0.6 is 15.9 Å². The Morgan fingerprint density at radius 2 is 1.59 bits per heavy atom. The molecule has 1 aliphatic heterocycles. The van der Waals surface area contributed by atoms with Crippen molar-refractivity contribution in [1.29, 1.82) is 0 Å². The van der Waals surface area contributed by atoms with Crippen molar-refractivity contribution < 1.29 is 14.4 Å². The smallest absolute Gasteiger partial charge is 0.266 e. The van der Waals surface area contributed by atoms with Crippen molar-refractivity contribution in [2.24, 2.45) is 0 Å². The molecule has 4 rings (SSSR count). The molecule has 0 unspecified atom stereocenters. The van der Waals surface area contributed by atoms with Gasteiger partial charge in [0.1, 0.15) is 0 Å². The molecule has 0 aromatic heterocycles. The maximum absolute atomic E-state index is 12.7. The van der Waals surface area contributed by atoms with Gasteiger partial charge < -0.3 is 5.32 Å². The number of hydrogen-bond donors (Lipinski definition) is 1. The number of aryl methyl sites for hydroxylation is 1. The lowest BCUT2D eigenvalue weighted by Gasteiger charge is -2.15. The summed E-state index contributed by atoms with van der Waals surface area (Å²) in [6.07, 6.45) is 0. The molecule has 144 valence electrons. The summed E-state index contributed by atoms with van der Waals surface area (Å²) in [6, 6.07) is 17.2. The molecule has 6 heteroatoms. The largest absolute Gasteiger partial charge is 0.322 e. The molecule has 0 radical (unpaired) electrons. The average molecular weight is 449 g/mol. The lowest BCUT2D eigenvalue weighted by atomic mass is 10.1. The molecule has 3 aromatic carbocycles. The zero-order valence-corrected chi connectivity index (χ0v) is 17.4. The van der Waals surface area contributed by atoms with E-state index in [0.717, 1.165) is 26.2 Å². The Bertz CT molecular complexity index is 1170. The molecule has 1 heterocycles. The van der Waals surface area contributed by atoms with Gasteiger partial charge in [-0.1, -0.05) is 28.1 Å². The number of anilines is 2. The fraction of sp³-hybridized carbons (Fsp3) is 0.0870. The number of hydrogen-bond acceptors (Lipinski definition) is 3. The van der Waals surface area contributed by atoms with Crippen molar-refractivity contribution in [3.05, 3.63) is 93.0 Å². The van der Waals surface area contributed by atoms with Gasteiger partial charge in [-0.25, -0.2) is 4.90 Å². The highest BCUT2D eigenvalue weighted by atomic mass is 79.9. The standard InChI is InChI=1S/C23H17BrN2O3/c1-13-4-3-5-20(14(13)2)25-21(27)15-6-9-17(10-7-15)26-22(28)18-11-8-16(24)12-19(18)23(26)29/h3-12H,1-2H3,(H,25,27). The average Bonchev–Trinajstić information content (AvgIpc) is 2.95. The molecule has 0 saturated heterocycles. The quantitative estimate of drug-likeness (QED) is 0.565. The third kappa shape index (κ3) is 3.36. The van der Waals surface area contributed by atoms with Crippen molar-refractivity contribution in [3.8, 4) is 0 Å². The molecular weight excluding hydrogens is 432 g/mol. The van der Waals surface area contributed by atoms with E-state index in [1.54, 1.807) is 42.5 Å². The van der Waals surface area contributed by atoms with Crippen LogP contribution < -0.4 is 10.2 Å². The Balaban J connectivity index is 1.57. The van der Waals surface area contributed by atoms with Gasteiger partial charge in [0.2, 0.25) is 0 Å². The van der Waals surface area contributed by atoms with E-state index in [4.69, 9.17) is 0 Å². The van der Waals surface area contributed by atoms with Crippen LogP contribution in [0, 0.1) is 13.8 Å². The molecule has 0 spiro atoms. The number of nitrogens with one attached hydrogen (secondary N) is 1. The maximum Gasteiger partial charge on any atom is 0.266 e. The molecule has 1 N–H and O–H groups in total. The Kier molecular flexibility index (Phi) is 4.80. The molecule has 1 aliphatic rings. The highest BCUT2D eigenvalue weighted by Gasteiger charge is 2.36. The summed E-state index contributed by atoms with van der Waals surface area (Å²) in [5.41, 5.74) is 4.45. The summed E-state index contributed by atoms with van der Waals surface area (Å²) in [6.45, 7) is 3.94. The first-order valence-electron chi connectivity index (χ1n) is 9.03. The number of carbonyl (C=O) groups is 3. The fourth-order valence-corrected chi connectivity index (χ4v) is 3.65. The third-order valence-electron chi connectivity index (χ3n) is 5.09. The van der Waals surface area contributed by atoms with Gasteiger partial charge in [0, 0.05) is 15.7 Å². The van der Waals surface area contributed by atoms with Crippen molar-refractivity contribution >= 4 is 45.0 Å². The van der Waals surface area contributed by atoms with Gasteiger partial charge in [0.05, 0.1) is 16.8 Å². The van der Waals surface area contributed by atoms with E-state index in [1.807, 2.05) is 32.0 Å². The lowest BCUT2D eigenvalue weighted by Crippen LogP contribution is -2.29. The molecular formula is C23H17BrN2O3. The molecule has 3 amide bonds. The number of rotatable bonds is 3. The number of halogens is 1. The molecule has 29 heavy (non-hydrogen) atoms. The normalized spacial score (nSPS) is 12.9. The highest BCUT2D eigenvalue weighted by molar-refractivity contribution is 9.10. The fourth-order valence-electron chi connectivity index (χ4n) is 3.29. The van der Waals surface area contributed by atoms with Crippen LogP contribution in [0.3, 0.4) is 0 Å². The van der Waals surface area contributed by atoms with Crippen LogP contribution in [0.1, 0.15) is 42.2 Å². The minimum absolute atomic E-state index is 0.253. The van der Waals surface area contributed by atoms with Crippen LogP contribution in [0.4, 0.5) is 11.4 Å². The van der Waals surface area contributed by atoms with Crippen LogP contribution in [-0.2, 0) is 0 Å². The van der Waals surface area contributed by atoms with E-state index in [9.17, 15) is 14.4 Å². The van der Waals surface area contributed by atoms with Crippen molar-refractivity contribution in [3.63, 3.8) is 0 Å². The van der Waals surface area contributed by atoms with E-state index in [2.05, 4.69) is 21.2 Å². The zero-order chi connectivity index (χ0) is 20.7. The Labute approximate surface area is 176 Å². The second-order valence-electron chi connectivity index (χ2n) is 6.88. The number of nitrogens with zero attached hydrogens (tertiary/aromatic N) is 1. The molecule has 0 fully saturated rings. The van der Waals surface area contributed by atoms with E-state index >= 15 is 0 Å². The van der Waals surface area contributed by atoms with Crippen LogP contribution in [0.25, 0.3) is 0 Å². The molecule has 0 atom stereocenters. The molecule has 3 aromatic rings. The molecule has 0 aliphatic carbocycles. The predicted molar refractivity (Wildman–Crippen MR) is 116 cm³/mol. The van der Waals surface area contributed by atoms with Gasteiger partial charge in [-0.15, -0.1) is 0 Å². The maximum atomic E-state index is 12.7. The highest BCUT2D eigenvalue weighted by Crippen LogP contribution is 2.30. The first-order chi connectivity index (χ1) is 13.9. The number of benzene rings is 3. The van der Waals surface area contributed by atoms with Gasteiger partial charge in [-0.3, -0.25) is 14.4 Å². The summed E-state index contributed by atoms with van der Waals surface area (Å²) in [7, 11) is 0. The summed E-state index contributed by atoms with van der Waals surface area (Å²) in [4.78, 5) is 39.1. The topological polar surface area (TPSA) is 66.5 Å². The first kappa shape index (κ1) is 19.1. The molecule has 0 bridgehead atoms. The third-order valence-corrected chi connectivity index (χ3v) is 5.58. The first-order valence-corrected chi connectivity index (χ1v) is 9.82. The number of imide groups is 1. The summed E-state index contributed by atoms with van der Waals surface area (Å²) in [5.74, 6) is -1.000. The van der Waals surface area contributed by atoms with Gasteiger partial charge in [-0.05, 0) is 73.5 Å². The van der Waals surface area contributed by atoms with Gasteiger partial charge >= 0.3 is 0 Å². The van der Waals surface area contributed by atoms with E-state index in [-0.39, 0.29) is 17.7 Å². The summed E-state index contributed by atoms with van der Waals surface area (Å²) in [5, 5.41) is 2.90. The molecule has 0 saturated carbocycles. The zero-order valence-electron chi connectivity index (χ0n) is 15.8. The monoisotopic (exact) mass is 448 g/mol. The van der Waals surface area contributed by atoms with Gasteiger partial charge in [-0.2, -0.15) is 0 Å². The summed E-state index contributed by atoms with van der Waals surface area (Å²) < 4.78 is 0.734. The van der Waals surface area contributed by atoms with Gasteiger partial charge in [0.15, 0.2) is 0 Å². The second kappa shape index (κ2) is 7.29. The Morgan fingerprint density at radius 1 is 0.897 bits per heavy atom.